The van der Waals surface area contributed by atoms with Crippen molar-refractivity contribution < 1.29 is 14.3 Å². The van der Waals surface area contributed by atoms with Crippen molar-refractivity contribution in [2.24, 2.45) is 0 Å². The van der Waals surface area contributed by atoms with E-state index in [2.05, 4.69) is 5.32 Å². The van der Waals surface area contributed by atoms with Crippen LogP contribution in [0.5, 0.6) is 11.5 Å². The summed E-state index contributed by atoms with van der Waals surface area (Å²) in [6.07, 6.45) is -0.562. The second kappa shape index (κ2) is 8.44. The fraction of sp³-hybridized carbons (Fsp3) is 0.278. The molecule has 0 fully saturated rings. The Balaban J connectivity index is 1.69. The molecule has 2 aromatic carbocycles. The van der Waals surface area contributed by atoms with Crippen LogP contribution < -0.4 is 14.8 Å². The van der Waals surface area contributed by atoms with Crippen molar-refractivity contribution in [3.05, 3.63) is 59.1 Å². The van der Waals surface area contributed by atoms with E-state index in [0.29, 0.717) is 29.7 Å². The molecule has 0 radical (unpaired) electrons. The van der Waals surface area contributed by atoms with E-state index in [9.17, 15) is 4.79 Å². The predicted octanol–water partition coefficient (Wildman–Crippen LogP) is 3.61. The first-order valence-electron chi connectivity index (χ1n) is 7.44. The summed E-state index contributed by atoms with van der Waals surface area (Å²) in [5, 5.41) is 3.44. The lowest BCUT2D eigenvalue weighted by Crippen LogP contribution is -2.38. The van der Waals surface area contributed by atoms with E-state index in [1.54, 1.807) is 31.2 Å². The molecule has 4 nitrogen and oxygen atoms in total. The summed E-state index contributed by atoms with van der Waals surface area (Å²) in [6, 6.07) is 14.7. The Labute approximate surface area is 141 Å². The van der Waals surface area contributed by atoms with E-state index >= 15 is 0 Å². The molecule has 0 spiro atoms. The van der Waals surface area contributed by atoms with Gasteiger partial charge in [0.05, 0.1) is 6.54 Å². The fourth-order valence-corrected chi connectivity index (χ4v) is 2.02. The monoisotopic (exact) mass is 333 g/mol. The highest BCUT2D eigenvalue weighted by atomic mass is 35.5. The van der Waals surface area contributed by atoms with E-state index in [0.717, 1.165) is 5.56 Å². The van der Waals surface area contributed by atoms with Crippen LogP contribution in [-0.2, 0) is 4.79 Å². The molecule has 23 heavy (non-hydrogen) atoms. The number of carbonyl (C=O) groups excluding carboxylic acids is 1. The van der Waals surface area contributed by atoms with Gasteiger partial charge in [-0.05, 0) is 50.2 Å². The number of hydrogen-bond acceptors (Lipinski definition) is 3. The van der Waals surface area contributed by atoms with Crippen LogP contribution in [0.1, 0.15) is 12.5 Å². The van der Waals surface area contributed by atoms with E-state index in [1.165, 1.54) is 0 Å². The Morgan fingerprint density at radius 3 is 2.35 bits per heavy atom. The summed E-state index contributed by atoms with van der Waals surface area (Å²) in [4.78, 5) is 12.0. The van der Waals surface area contributed by atoms with Crippen LogP contribution in [0.25, 0.3) is 0 Å². The molecule has 0 aliphatic heterocycles. The zero-order chi connectivity index (χ0) is 16.7. The molecule has 5 heteroatoms. The molecule has 1 amide bonds. The molecular weight excluding hydrogens is 314 g/mol. The average molecular weight is 334 g/mol. The van der Waals surface area contributed by atoms with Gasteiger partial charge in [0.25, 0.3) is 5.91 Å². The zero-order valence-corrected chi connectivity index (χ0v) is 14.0. The molecule has 0 aliphatic rings. The molecule has 2 aromatic rings. The molecule has 0 aromatic heterocycles. The second-order valence-electron chi connectivity index (χ2n) is 5.17. The normalized spacial score (nSPS) is 11.6. The zero-order valence-electron chi connectivity index (χ0n) is 13.2. The molecular formula is C18H20ClNO3. The van der Waals surface area contributed by atoms with Crippen molar-refractivity contribution in [1.29, 1.82) is 0 Å². The number of ether oxygens (including phenoxy) is 2. The quantitative estimate of drug-likeness (QED) is 0.787. The lowest BCUT2D eigenvalue weighted by atomic mass is 10.2. The Bertz CT molecular complexity index is 626. The standard InChI is InChI=1S/C18H20ClNO3/c1-13-3-7-17(8-4-13)23-14(2)18(21)20-11-12-22-16-9-5-15(19)6-10-16/h3-10,14H,11-12H2,1-2H3,(H,20,21)/t14-/m1/s1. The van der Waals surface area contributed by atoms with Crippen molar-refractivity contribution in [3.63, 3.8) is 0 Å². The molecule has 122 valence electrons. The first-order valence-corrected chi connectivity index (χ1v) is 7.82. The molecule has 0 saturated carbocycles. The van der Waals surface area contributed by atoms with Gasteiger partial charge in [0.15, 0.2) is 6.10 Å². The van der Waals surface area contributed by atoms with E-state index in [4.69, 9.17) is 21.1 Å². The van der Waals surface area contributed by atoms with Crippen LogP contribution in [-0.4, -0.2) is 25.2 Å². The third-order valence-electron chi connectivity index (χ3n) is 3.19. The van der Waals surface area contributed by atoms with E-state index in [-0.39, 0.29) is 5.91 Å². The largest absolute Gasteiger partial charge is 0.492 e. The predicted molar refractivity (Wildman–Crippen MR) is 91.2 cm³/mol. The van der Waals surface area contributed by atoms with Gasteiger partial charge in [-0.2, -0.15) is 0 Å². The SMILES string of the molecule is Cc1ccc(O[C@H](C)C(=O)NCCOc2ccc(Cl)cc2)cc1. The number of rotatable bonds is 7. The van der Waals surface area contributed by atoms with Crippen molar-refractivity contribution in [2.45, 2.75) is 20.0 Å². The number of nitrogens with one attached hydrogen (secondary N) is 1. The molecule has 0 unspecified atom stereocenters. The van der Waals surface area contributed by atoms with Crippen LogP contribution in [0, 0.1) is 6.92 Å². The lowest BCUT2D eigenvalue weighted by molar-refractivity contribution is -0.127. The van der Waals surface area contributed by atoms with Crippen LogP contribution >= 0.6 is 11.6 Å². The van der Waals surface area contributed by atoms with Gasteiger partial charge < -0.3 is 14.8 Å². The third kappa shape index (κ3) is 5.83. The van der Waals surface area contributed by atoms with Crippen LogP contribution in [0.3, 0.4) is 0 Å². The Hall–Kier alpha value is -2.20. The fourth-order valence-electron chi connectivity index (χ4n) is 1.89. The summed E-state index contributed by atoms with van der Waals surface area (Å²) in [7, 11) is 0. The maximum absolute atomic E-state index is 12.0. The maximum atomic E-state index is 12.0. The van der Waals surface area contributed by atoms with Gasteiger partial charge in [-0.15, -0.1) is 0 Å². The molecule has 1 atom stereocenters. The highest BCUT2D eigenvalue weighted by Gasteiger charge is 2.13. The minimum absolute atomic E-state index is 0.176. The number of benzene rings is 2. The number of amides is 1. The molecule has 1 N–H and O–H groups in total. The van der Waals surface area contributed by atoms with Gasteiger partial charge in [0.1, 0.15) is 18.1 Å². The van der Waals surface area contributed by atoms with Gasteiger partial charge in [0, 0.05) is 5.02 Å². The van der Waals surface area contributed by atoms with Crippen molar-refractivity contribution in [2.75, 3.05) is 13.2 Å². The number of aryl methyl sites for hydroxylation is 1. The minimum atomic E-state index is -0.562. The molecule has 0 saturated heterocycles. The smallest absolute Gasteiger partial charge is 0.260 e. The number of carbonyl (C=O) groups is 1. The summed E-state index contributed by atoms with van der Waals surface area (Å²) in [5.41, 5.74) is 1.15. The second-order valence-corrected chi connectivity index (χ2v) is 5.60. The van der Waals surface area contributed by atoms with Crippen molar-refractivity contribution in [1.82, 2.24) is 5.32 Å². The summed E-state index contributed by atoms with van der Waals surface area (Å²) in [6.45, 7) is 4.50. The van der Waals surface area contributed by atoms with E-state index in [1.807, 2.05) is 31.2 Å². The van der Waals surface area contributed by atoms with E-state index < -0.39 is 6.10 Å². The topological polar surface area (TPSA) is 47.6 Å². The maximum Gasteiger partial charge on any atom is 0.260 e. The number of hydrogen-bond donors (Lipinski definition) is 1. The van der Waals surface area contributed by atoms with Crippen molar-refractivity contribution in [3.8, 4) is 11.5 Å². The molecule has 0 bridgehead atoms. The highest BCUT2D eigenvalue weighted by Crippen LogP contribution is 2.15. The Kier molecular flexibility index (Phi) is 6.29. The van der Waals surface area contributed by atoms with Crippen LogP contribution in [0.4, 0.5) is 0 Å². The van der Waals surface area contributed by atoms with Crippen LogP contribution in [0.2, 0.25) is 5.02 Å². The average Bonchev–Trinajstić information content (AvgIpc) is 2.55. The van der Waals surface area contributed by atoms with Gasteiger partial charge in [-0.3, -0.25) is 4.79 Å². The number of halogens is 1. The van der Waals surface area contributed by atoms with Gasteiger partial charge >= 0.3 is 0 Å². The molecule has 2 rings (SSSR count). The third-order valence-corrected chi connectivity index (χ3v) is 3.44. The summed E-state index contributed by atoms with van der Waals surface area (Å²) in [5.74, 6) is 1.22. The Morgan fingerprint density at radius 1 is 1.09 bits per heavy atom. The lowest BCUT2D eigenvalue weighted by Gasteiger charge is -2.15. The molecule has 0 aliphatic carbocycles. The first-order chi connectivity index (χ1) is 11.0. The first kappa shape index (κ1) is 17.2. The summed E-state index contributed by atoms with van der Waals surface area (Å²) >= 11 is 5.80. The highest BCUT2D eigenvalue weighted by molar-refractivity contribution is 6.30. The summed E-state index contributed by atoms with van der Waals surface area (Å²) < 4.78 is 11.1. The Morgan fingerprint density at radius 2 is 1.70 bits per heavy atom. The molecule has 0 heterocycles. The van der Waals surface area contributed by atoms with Gasteiger partial charge in [0.2, 0.25) is 0 Å². The minimum Gasteiger partial charge on any atom is -0.492 e. The van der Waals surface area contributed by atoms with Crippen molar-refractivity contribution >= 4 is 17.5 Å². The van der Waals surface area contributed by atoms with Gasteiger partial charge in [-0.25, -0.2) is 0 Å². The van der Waals surface area contributed by atoms with Gasteiger partial charge in [-0.1, -0.05) is 29.3 Å². The van der Waals surface area contributed by atoms with Crippen LogP contribution in [0.15, 0.2) is 48.5 Å².